The number of ether oxygens (including phenoxy) is 2. The van der Waals surface area contributed by atoms with Gasteiger partial charge in [0.15, 0.2) is 0 Å². The van der Waals surface area contributed by atoms with E-state index in [1.165, 1.54) is 0 Å². The van der Waals surface area contributed by atoms with E-state index in [2.05, 4.69) is 70.5 Å². The summed E-state index contributed by atoms with van der Waals surface area (Å²) in [6, 6.07) is 12.3. The van der Waals surface area contributed by atoms with Crippen molar-refractivity contribution in [1.82, 2.24) is 4.90 Å². The van der Waals surface area contributed by atoms with Gasteiger partial charge in [0.1, 0.15) is 11.5 Å². The first-order valence-electron chi connectivity index (χ1n) is 10.7. The second-order valence-corrected chi connectivity index (χ2v) is 7.93. The van der Waals surface area contributed by atoms with Crippen molar-refractivity contribution in [3.05, 3.63) is 65.7 Å². The molecule has 162 valence electrons. The number of benzene rings is 2. The molecule has 0 fully saturated rings. The van der Waals surface area contributed by atoms with Crippen LogP contribution in [0.5, 0.6) is 11.5 Å². The molecule has 0 saturated heterocycles. The molecule has 1 atom stereocenters. The summed E-state index contributed by atoms with van der Waals surface area (Å²) < 4.78 is 12.4. The number of hydrogen-bond donors (Lipinski definition) is 0. The Bertz CT molecular complexity index is 875. The summed E-state index contributed by atoms with van der Waals surface area (Å²) in [4.78, 5) is 6.65. The molecule has 2 aromatic rings. The first-order chi connectivity index (χ1) is 14.3. The maximum absolute atomic E-state index is 6.27. The van der Waals surface area contributed by atoms with Gasteiger partial charge in [0, 0.05) is 13.6 Å². The average Bonchev–Trinajstić information content (AvgIpc) is 2.73. The maximum atomic E-state index is 6.27. The fraction of sp³-hybridized carbons (Fsp3) is 0.423. The normalized spacial score (nSPS) is 13.3. The van der Waals surface area contributed by atoms with E-state index >= 15 is 0 Å². The minimum atomic E-state index is -0.364. The first kappa shape index (κ1) is 23.7. The van der Waals surface area contributed by atoms with Crippen LogP contribution in [0, 0.1) is 13.8 Å². The third-order valence-electron chi connectivity index (χ3n) is 5.31. The zero-order valence-corrected chi connectivity index (χ0v) is 19.4. The van der Waals surface area contributed by atoms with Gasteiger partial charge in [0.25, 0.3) is 0 Å². The minimum absolute atomic E-state index is 0.364. The van der Waals surface area contributed by atoms with E-state index in [1.54, 1.807) is 6.08 Å². The van der Waals surface area contributed by atoms with Gasteiger partial charge in [-0.2, -0.15) is 0 Å². The standard InChI is InChI=1S/C26H36N2O2/c1-8-14-26(6,29-15-9-2)22-12-11-13-23(18-22)30-25-17-20(4)24(16-21(25)5)27-19-28(7)10-3/h9,11-13,16-19H,2,8,10,14-15H2,1,3-7H3. The molecule has 0 heterocycles. The second kappa shape index (κ2) is 11.0. The summed E-state index contributed by atoms with van der Waals surface area (Å²) in [5, 5.41) is 0. The van der Waals surface area contributed by atoms with Crippen LogP contribution in [-0.2, 0) is 10.3 Å². The monoisotopic (exact) mass is 408 g/mol. The molecule has 0 N–H and O–H groups in total. The molecule has 0 amide bonds. The van der Waals surface area contributed by atoms with Gasteiger partial charge < -0.3 is 14.4 Å². The fourth-order valence-corrected chi connectivity index (χ4v) is 3.30. The van der Waals surface area contributed by atoms with E-state index in [9.17, 15) is 0 Å². The number of rotatable bonds is 11. The van der Waals surface area contributed by atoms with Gasteiger partial charge in [-0.15, -0.1) is 6.58 Å². The van der Waals surface area contributed by atoms with Crippen molar-refractivity contribution in [2.75, 3.05) is 20.2 Å². The van der Waals surface area contributed by atoms with Crippen LogP contribution in [0.25, 0.3) is 0 Å². The Morgan fingerprint density at radius 3 is 2.57 bits per heavy atom. The molecule has 0 aliphatic carbocycles. The third-order valence-corrected chi connectivity index (χ3v) is 5.31. The van der Waals surface area contributed by atoms with Crippen molar-refractivity contribution < 1.29 is 9.47 Å². The SMILES string of the molecule is C=CCOC(C)(CCC)c1cccc(Oc2cc(C)c(N=CN(C)CC)cc2C)c1. The Labute approximate surface area is 182 Å². The third kappa shape index (κ3) is 6.20. The highest BCUT2D eigenvalue weighted by Gasteiger charge is 2.26. The van der Waals surface area contributed by atoms with Crippen molar-refractivity contribution in [1.29, 1.82) is 0 Å². The minimum Gasteiger partial charge on any atom is -0.457 e. The molecule has 4 heteroatoms. The highest BCUT2D eigenvalue weighted by atomic mass is 16.5. The Kier molecular flexibility index (Phi) is 8.67. The summed E-state index contributed by atoms with van der Waals surface area (Å²) in [6.45, 7) is 15.7. The molecule has 0 aliphatic rings. The van der Waals surface area contributed by atoms with E-state index in [1.807, 2.05) is 30.4 Å². The fourth-order valence-electron chi connectivity index (χ4n) is 3.30. The van der Waals surface area contributed by atoms with Crippen LogP contribution in [0.3, 0.4) is 0 Å². The number of aryl methyl sites for hydroxylation is 2. The van der Waals surface area contributed by atoms with E-state index in [-0.39, 0.29) is 5.60 Å². The Balaban J connectivity index is 2.28. The number of hydrogen-bond acceptors (Lipinski definition) is 3. The van der Waals surface area contributed by atoms with E-state index in [4.69, 9.17) is 9.47 Å². The van der Waals surface area contributed by atoms with Crippen molar-refractivity contribution >= 4 is 12.0 Å². The summed E-state index contributed by atoms with van der Waals surface area (Å²) in [6.07, 6.45) is 5.62. The molecular weight excluding hydrogens is 372 g/mol. The molecule has 0 saturated carbocycles. The first-order valence-corrected chi connectivity index (χ1v) is 10.7. The lowest BCUT2D eigenvalue weighted by Crippen LogP contribution is -2.26. The molecule has 4 nitrogen and oxygen atoms in total. The van der Waals surface area contributed by atoms with Crippen LogP contribution < -0.4 is 4.74 Å². The molecule has 2 rings (SSSR count). The summed E-state index contributed by atoms with van der Waals surface area (Å²) in [5.41, 5.74) is 3.84. The maximum Gasteiger partial charge on any atom is 0.130 e. The molecule has 0 aliphatic heterocycles. The van der Waals surface area contributed by atoms with E-state index in [0.29, 0.717) is 6.61 Å². The zero-order valence-electron chi connectivity index (χ0n) is 19.4. The topological polar surface area (TPSA) is 34.1 Å². The van der Waals surface area contributed by atoms with Crippen LogP contribution in [0.2, 0.25) is 0 Å². The van der Waals surface area contributed by atoms with E-state index < -0.39 is 0 Å². The lowest BCUT2D eigenvalue weighted by Gasteiger charge is -2.30. The average molecular weight is 409 g/mol. The lowest BCUT2D eigenvalue weighted by atomic mass is 9.91. The van der Waals surface area contributed by atoms with Crippen molar-refractivity contribution in [3.63, 3.8) is 0 Å². The Morgan fingerprint density at radius 1 is 1.13 bits per heavy atom. The molecule has 0 aromatic heterocycles. The predicted molar refractivity (Wildman–Crippen MR) is 127 cm³/mol. The van der Waals surface area contributed by atoms with Crippen LogP contribution in [-0.4, -0.2) is 31.4 Å². The van der Waals surface area contributed by atoms with Gasteiger partial charge in [-0.1, -0.05) is 31.6 Å². The van der Waals surface area contributed by atoms with Gasteiger partial charge in [-0.25, -0.2) is 4.99 Å². The van der Waals surface area contributed by atoms with Gasteiger partial charge in [-0.3, -0.25) is 0 Å². The van der Waals surface area contributed by atoms with Crippen LogP contribution in [0.1, 0.15) is 50.3 Å². The van der Waals surface area contributed by atoms with Crippen molar-refractivity contribution in [3.8, 4) is 11.5 Å². The van der Waals surface area contributed by atoms with Gasteiger partial charge >= 0.3 is 0 Å². The molecule has 1 unspecified atom stereocenters. The van der Waals surface area contributed by atoms with Gasteiger partial charge in [0.2, 0.25) is 0 Å². The van der Waals surface area contributed by atoms with Gasteiger partial charge in [0.05, 0.1) is 24.2 Å². The zero-order chi connectivity index (χ0) is 22.1. The van der Waals surface area contributed by atoms with Crippen LogP contribution in [0.15, 0.2) is 54.0 Å². The van der Waals surface area contributed by atoms with Crippen LogP contribution >= 0.6 is 0 Å². The molecule has 2 aromatic carbocycles. The summed E-state index contributed by atoms with van der Waals surface area (Å²) in [5.74, 6) is 1.65. The molecule has 0 spiro atoms. The molecule has 30 heavy (non-hydrogen) atoms. The Morgan fingerprint density at radius 2 is 1.90 bits per heavy atom. The predicted octanol–water partition coefficient (Wildman–Crippen LogP) is 6.93. The molecule has 0 radical (unpaired) electrons. The van der Waals surface area contributed by atoms with E-state index in [0.717, 1.165) is 53.3 Å². The largest absolute Gasteiger partial charge is 0.457 e. The van der Waals surface area contributed by atoms with Crippen LogP contribution in [0.4, 0.5) is 5.69 Å². The second-order valence-electron chi connectivity index (χ2n) is 7.93. The Hall–Kier alpha value is -2.59. The molecule has 0 bridgehead atoms. The van der Waals surface area contributed by atoms with Gasteiger partial charge in [-0.05, 0) is 75.1 Å². The number of nitrogens with zero attached hydrogens (tertiary/aromatic N) is 2. The van der Waals surface area contributed by atoms with Crippen molar-refractivity contribution in [2.24, 2.45) is 4.99 Å². The van der Waals surface area contributed by atoms with Crippen molar-refractivity contribution in [2.45, 2.75) is 53.1 Å². The summed E-state index contributed by atoms with van der Waals surface area (Å²) in [7, 11) is 2.02. The highest BCUT2D eigenvalue weighted by molar-refractivity contribution is 5.64. The quantitative estimate of drug-likeness (QED) is 0.230. The number of aliphatic imine (C=N–C) groups is 1. The lowest BCUT2D eigenvalue weighted by molar-refractivity contribution is -0.0279. The smallest absolute Gasteiger partial charge is 0.130 e. The summed E-state index contributed by atoms with van der Waals surface area (Å²) >= 11 is 0. The highest BCUT2D eigenvalue weighted by Crippen LogP contribution is 2.35. The molecular formula is C26H36N2O2.